The summed E-state index contributed by atoms with van der Waals surface area (Å²) in [6, 6.07) is 6.52. The zero-order chi connectivity index (χ0) is 22.0. The van der Waals surface area contributed by atoms with Gasteiger partial charge in [-0.1, -0.05) is 11.6 Å². The zero-order valence-corrected chi connectivity index (χ0v) is 17.3. The van der Waals surface area contributed by atoms with Gasteiger partial charge in [0.25, 0.3) is 5.91 Å². The van der Waals surface area contributed by atoms with Crippen LogP contribution in [0.1, 0.15) is 31.1 Å². The fraction of sp³-hybridized carbons (Fsp3) is 0.158. The number of anilines is 1. The molecule has 0 bridgehead atoms. The molecule has 0 aliphatic rings. The molecule has 0 fully saturated rings. The van der Waals surface area contributed by atoms with Crippen LogP contribution in [0.2, 0.25) is 5.02 Å². The van der Waals surface area contributed by atoms with E-state index in [-0.39, 0.29) is 21.3 Å². The molecule has 0 aliphatic heterocycles. The van der Waals surface area contributed by atoms with Crippen molar-refractivity contribution in [3.05, 3.63) is 79.0 Å². The number of carbonyl (C=O) groups excluding carboxylic acids is 2. The number of thiophene rings is 1. The highest BCUT2D eigenvalue weighted by Crippen LogP contribution is 2.21. The van der Waals surface area contributed by atoms with Crippen molar-refractivity contribution in [3.63, 3.8) is 0 Å². The van der Waals surface area contributed by atoms with Gasteiger partial charge in [0.1, 0.15) is 5.82 Å². The standard InChI is InChI=1S/C19H15ClF2N4O3S/c1-9-3-6-14(30-9)18(28)25-17(15(27)10-4-5-11(20)12(21)7-10)26-8-13(22)16(23-2)24-19(26)29/h3-8,17H,1-2H3,(H,25,28)(H,23,24,29). The van der Waals surface area contributed by atoms with E-state index in [1.54, 1.807) is 19.1 Å². The van der Waals surface area contributed by atoms with Crippen LogP contribution < -0.4 is 16.3 Å². The van der Waals surface area contributed by atoms with Gasteiger partial charge in [-0.25, -0.2) is 13.6 Å². The molecule has 7 nitrogen and oxygen atoms in total. The highest BCUT2D eigenvalue weighted by Gasteiger charge is 2.28. The van der Waals surface area contributed by atoms with Crippen LogP contribution in [0, 0.1) is 18.6 Å². The highest BCUT2D eigenvalue weighted by atomic mass is 35.5. The summed E-state index contributed by atoms with van der Waals surface area (Å²) < 4.78 is 28.8. The summed E-state index contributed by atoms with van der Waals surface area (Å²) >= 11 is 6.82. The lowest BCUT2D eigenvalue weighted by Crippen LogP contribution is -2.43. The Balaban J connectivity index is 2.07. The normalized spacial score (nSPS) is 11.8. The van der Waals surface area contributed by atoms with Crippen molar-refractivity contribution in [2.45, 2.75) is 13.1 Å². The quantitative estimate of drug-likeness (QED) is 0.559. The topological polar surface area (TPSA) is 93.1 Å². The molecule has 2 heterocycles. The average Bonchev–Trinajstić information content (AvgIpc) is 3.15. The van der Waals surface area contributed by atoms with Gasteiger partial charge in [-0.2, -0.15) is 4.98 Å². The number of aromatic nitrogens is 2. The molecule has 11 heteroatoms. The van der Waals surface area contributed by atoms with Crippen LogP contribution in [0.25, 0.3) is 0 Å². The van der Waals surface area contributed by atoms with E-state index in [9.17, 15) is 23.2 Å². The fourth-order valence-electron chi connectivity index (χ4n) is 2.63. The van der Waals surface area contributed by atoms with Crippen molar-refractivity contribution in [2.24, 2.45) is 0 Å². The van der Waals surface area contributed by atoms with Crippen LogP contribution in [-0.4, -0.2) is 28.3 Å². The number of Topliss-reactive ketones (excluding diaryl/α,β-unsaturated/α-hetero) is 1. The van der Waals surface area contributed by atoms with E-state index in [1.807, 2.05) is 0 Å². The number of halogens is 3. The number of hydrogen-bond acceptors (Lipinski definition) is 6. The van der Waals surface area contributed by atoms with E-state index in [4.69, 9.17) is 11.6 Å². The van der Waals surface area contributed by atoms with Crippen molar-refractivity contribution >= 4 is 40.4 Å². The van der Waals surface area contributed by atoms with E-state index in [0.29, 0.717) is 4.57 Å². The largest absolute Gasteiger partial charge is 0.370 e. The van der Waals surface area contributed by atoms with Crippen LogP contribution >= 0.6 is 22.9 Å². The summed E-state index contributed by atoms with van der Waals surface area (Å²) in [6.45, 7) is 1.79. The van der Waals surface area contributed by atoms with Crippen LogP contribution in [0.15, 0.2) is 41.3 Å². The van der Waals surface area contributed by atoms with Gasteiger partial charge in [0.2, 0.25) is 5.78 Å². The van der Waals surface area contributed by atoms with Gasteiger partial charge >= 0.3 is 5.69 Å². The Kier molecular flexibility index (Phi) is 6.28. The van der Waals surface area contributed by atoms with Crippen LogP contribution in [0.4, 0.5) is 14.6 Å². The first-order chi connectivity index (χ1) is 14.2. The molecule has 3 aromatic rings. The Morgan fingerprint density at radius 2 is 1.93 bits per heavy atom. The average molecular weight is 453 g/mol. The highest BCUT2D eigenvalue weighted by molar-refractivity contribution is 7.13. The number of aryl methyl sites for hydroxylation is 1. The molecule has 3 rings (SSSR count). The third-order valence-corrected chi connectivity index (χ3v) is 5.41. The molecule has 30 heavy (non-hydrogen) atoms. The second-order valence-corrected chi connectivity index (χ2v) is 7.85. The number of ketones is 1. The third kappa shape index (κ3) is 4.39. The Bertz CT molecular complexity index is 1190. The van der Waals surface area contributed by atoms with Crippen molar-refractivity contribution in [1.29, 1.82) is 0 Å². The van der Waals surface area contributed by atoms with Crippen LogP contribution in [0.3, 0.4) is 0 Å². The summed E-state index contributed by atoms with van der Waals surface area (Å²) in [5.41, 5.74) is -1.16. The van der Waals surface area contributed by atoms with Gasteiger partial charge in [0.15, 0.2) is 17.8 Å². The number of nitrogens with zero attached hydrogens (tertiary/aromatic N) is 2. The number of amides is 1. The molecule has 0 aliphatic carbocycles. The zero-order valence-electron chi connectivity index (χ0n) is 15.7. The minimum Gasteiger partial charge on any atom is -0.370 e. The van der Waals surface area contributed by atoms with E-state index >= 15 is 0 Å². The molecular formula is C19H15ClF2N4O3S. The van der Waals surface area contributed by atoms with Crippen LogP contribution in [0.5, 0.6) is 0 Å². The van der Waals surface area contributed by atoms with E-state index < -0.39 is 35.2 Å². The first kappa shape index (κ1) is 21.6. The van der Waals surface area contributed by atoms with Crippen molar-refractivity contribution in [1.82, 2.24) is 14.9 Å². The van der Waals surface area contributed by atoms with Gasteiger partial charge in [-0.3, -0.25) is 14.2 Å². The smallest absolute Gasteiger partial charge is 0.351 e. The Hall–Kier alpha value is -3.11. The molecule has 0 saturated heterocycles. The van der Waals surface area contributed by atoms with E-state index in [1.165, 1.54) is 24.5 Å². The Morgan fingerprint density at radius 3 is 2.53 bits per heavy atom. The monoisotopic (exact) mass is 452 g/mol. The van der Waals surface area contributed by atoms with Gasteiger partial charge in [0.05, 0.1) is 16.1 Å². The van der Waals surface area contributed by atoms with Crippen molar-refractivity contribution < 1.29 is 18.4 Å². The molecule has 0 spiro atoms. The molecular weight excluding hydrogens is 438 g/mol. The van der Waals surface area contributed by atoms with Crippen molar-refractivity contribution in [2.75, 3.05) is 12.4 Å². The third-order valence-electron chi connectivity index (χ3n) is 4.11. The molecule has 1 unspecified atom stereocenters. The van der Waals surface area contributed by atoms with Gasteiger partial charge in [0, 0.05) is 17.5 Å². The molecule has 1 atom stereocenters. The maximum atomic E-state index is 14.3. The number of hydrogen-bond donors (Lipinski definition) is 2. The lowest BCUT2D eigenvalue weighted by molar-refractivity contribution is 0.0813. The first-order valence-corrected chi connectivity index (χ1v) is 9.73. The van der Waals surface area contributed by atoms with Gasteiger partial charge in [-0.05, 0) is 37.3 Å². The molecule has 156 valence electrons. The first-order valence-electron chi connectivity index (χ1n) is 8.54. The van der Waals surface area contributed by atoms with Gasteiger partial charge in [-0.15, -0.1) is 11.3 Å². The molecule has 2 N–H and O–H groups in total. The number of nitrogens with one attached hydrogen (secondary N) is 2. The molecule has 2 aromatic heterocycles. The maximum absolute atomic E-state index is 14.3. The number of rotatable bonds is 6. The summed E-state index contributed by atoms with van der Waals surface area (Å²) in [4.78, 5) is 42.8. The predicted octanol–water partition coefficient (Wildman–Crippen LogP) is 3.40. The lowest BCUT2D eigenvalue weighted by Gasteiger charge is -2.20. The summed E-state index contributed by atoms with van der Waals surface area (Å²) in [5, 5.41) is 4.61. The second-order valence-electron chi connectivity index (χ2n) is 6.16. The van der Waals surface area contributed by atoms with E-state index in [2.05, 4.69) is 15.6 Å². The van der Waals surface area contributed by atoms with E-state index in [0.717, 1.165) is 23.2 Å². The predicted molar refractivity (Wildman–Crippen MR) is 109 cm³/mol. The summed E-state index contributed by atoms with van der Waals surface area (Å²) in [5.74, 6) is -3.61. The minimum atomic E-state index is -1.67. The van der Waals surface area contributed by atoms with Crippen LogP contribution in [-0.2, 0) is 0 Å². The molecule has 0 saturated carbocycles. The van der Waals surface area contributed by atoms with Gasteiger partial charge < -0.3 is 10.6 Å². The van der Waals surface area contributed by atoms with Crippen molar-refractivity contribution in [3.8, 4) is 0 Å². The number of benzene rings is 1. The molecule has 1 amide bonds. The SMILES string of the molecule is CNc1nc(=O)n(C(NC(=O)c2ccc(C)s2)C(=O)c2ccc(Cl)c(F)c2)cc1F. The fourth-order valence-corrected chi connectivity index (χ4v) is 3.51. The minimum absolute atomic E-state index is 0.172. The summed E-state index contributed by atoms with van der Waals surface area (Å²) in [7, 11) is 1.37. The maximum Gasteiger partial charge on any atom is 0.351 e. The number of carbonyl (C=O) groups is 2. The molecule has 1 aromatic carbocycles. The summed E-state index contributed by atoms with van der Waals surface area (Å²) in [6.07, 6.45) is -0.920. The lowest BCUT2D eigenvalue weighted by atomic mass is 10.1. The Labute approximate surface area is 178 Å². The second kappa shape index (κ2) is 8.72. The molecule has 0 radical (unpaired) electrons. The Morgan fingerprint density at radius 1 is 1.20 bits per heavy atom.